The van der Waals surface area contributed by atoms with Gasteiger partial charge in [0, 0.05) is 24.4 Å². The van der Waals surface area contributed by atoms with Gasteiger partial charge in [0.2, 0.25) is 0 Å². The molecule has 6 rings (SSSR count). The molecule has 4 aromatic carbocycles. The van der Waals surface area contributed by atoms with Crippen LogP contribution in [0.1, 0.15) is 41.9 Å². The smallest absolute Gasteiger partial charge is 0.195 e. The summed E-state index contributed by atoms with van der Waals surface area (Å²) in [5, 5.41) is 6.03. The molecule has 5 heteroatoms. The third-order valence-electron chi connectivity index (χ3n) is 7.90. The predicted molar refractivity (Wildman–Crippen MR) is 154 cm³/mol. The van der Waals surface area contributed by atoms with E-state index in [9.17, 15) is 0 Å². The Morgan fingerprint density at radius 3 is 2.41 bits per heavy atom. The molecule has 2 heterocycles. The predicted octanol–water partition coefficient (Wildman–Crippen LogP) is 6.56. The largest absolute Gasteiger partial charge is 0.494 e. The van der Waals surface area contributed by atoms with Crippen LogP contribution in [0.25, 0.3) is 10.8 Å². The first-order valence-electron chi connectivity index (χ1n) is 14.2. The van der Waals surface area contributed by atoms with Crippen LogP contribution in [0.4, 0.5) is 0 Å². The first-order valence-corrected chi connectivity index (χ1v) is 14.2. The third-order valence-corrected chi connectivity index (χ3v) is 7.90. The molecule has 5 nitrogen and oxygen atoms in total. The lowest BCUT2D eigenvalue weighted by molar-refractivity contribution is -0.172. The highest BCUT2D eigenvalue weighted by molar-refractivity contribution is 5.82. The zero-order chi connectivity index (χ0) is 26.3. The Balaban J connectivity index is 1.02. The minimum absolute atomic E-state index is 0.137. The van der Waals surface area contributed by atoms with E-state index in [-0.39, 0.29) is 6.10 Å². The van der Waals surface area contributed by atoms with Gasteiger partial charge in [-0.05, 0) is 59.5 Å². The number of fused-ring (bicyclic) bond motifs is 1. The van der Waals surface area contributed by atoms with E-state index in [4.69, 9.17) is 18.9 Å². The van der Waals surface area contributed by atoms with E-state index in [1.54, 1.807) is 0 Å². The van der Waals surface area contributed by atoms with Crippen molar-refractivity contribution < 1.29 is 18.9 Å². The van der Waals surface area contributed by atoms with Crippen molar-refractivity contribution in [2.75, 3.05) is 32.9 Å². The zero-order valence-electron chi connectivity index (χ0n) is 22.4. The first-order chi connectivity index (χ1) is 19.3. The monoisotopic (exact) mass is 523 g/mol. The Morgan fingerprint density at radius 2 is 1.59 bits per heavy atom. The van der Waals surface area contributed by atoms with Gasteiger partial charge in [0.05, 0.1) is 32.5 Å². The molecular formula is C34H37NO4. The normalized spacial score (nSPS) is 20.7. The van der Waals surface area contributed by atoms with E-state index in [1.165, 1.54) is 21.9 Å². The standard InChI is InChI=1S/C34H37NO4/c1-2-9-30(10-3-1)34(38-21-22-39-34)18-6-20-36-31-15-13-28(14-16-31)32-17-19-35-24-33(32)37-25-26-11-12-27-7-4-5-8-29(27)23-26/h1-5,7-16,23,32-33,35H,6,17-22,24-25H2. The lowest BCUT2D eigenvalue weighted by atomic mass is 9.87. The number of hydrogen-bond acceptors (Lipinski definition) is 5. The molecule has 39 heavy (non-hydrogen) atoms. The topological polar surface area (TPSA) is 49.0 Å². The number of nitrogens with one attached hydrogen (secondary N) is 1. The quantitative estimate of drug-likeness (QED) is 0.239. The van der Waals surface area contributed by atoms with Crippen LogP contribution in [0, 0.1) is 0 Å². The summed E-state index contributed by atoms with van der Waals surface area (Å²) < 4.78 is 24.7. The summed E-state index contributed by atoms with van der Waals surface area (Å²) in [4.78, 5) is 0. The SMILES string of the molecule is c1ccc(C2(CCCOc3ccc(C4CCNCC4OCc4ccc5ccccc5c4)cc3)OCCO2)cc1. The molecule has 0 saturated carbocycles. The van der Waals surface area contributed by atoms with Gasteiger partial charge < -0.3 is 24.3 Å². The van der Waals surface area contributed by atoms with Gasteiger partial charge in [-0.2, -0.15) is 0 Å². The molecule has 2 saturated heterocycles. The van der Waals surface area contributed by atoms with Crippen LogP contribution in [-0.4, -0.2) is 39.0 Å². The van der Waals surface area contributed by atoms with Gasteiger partial charge in [0.25, 0.3) is 0 Å². The fourth-order valence-corrected chi connectivity index (χ4v) is 5.83. The Morgan fingerprint density at radius 1 is 0.821 bits per heavy atom. The second-order valence-electron chi connectivity index (χ2n) is 10.5. The fraction of sp³-hybridized carbons (Fsp3) is 0.353. The average molecular weight is 524 g/mol. The van der Waals surface area contributed by atoms with E-state index < -0.39 is 5.79 Å². The molecule has 0 aliphatic carbocycles. The molecule has 0 spiro atoms. The van der Waals surface area contributed by atoms with Crippen LogP contribution < -0.4 is 10.1 Å². The Labute approximate surface area is 231 Å². The molecule has 2 atom stereocenters. The Kier molecular flexibility index (Phi) is 8.21. The van der Waals surface area contributed by atoms with Crippen LogP contribution in [0.5, 0.6) is 5.75 Å². The van der Waals surface area contributed by atoms with E-state index >= 15 is 0 Å². The van der Waals surface area contributed by atoms with E-state index in [0.717, 1.165) is 43.7 Å². The summed E-state index contributed by atoms with van der Waals surface area (Å²) in [6.45, 7) is 4.36. The summed E-state index contributed by atoms with van der Waals surface area (Å²) in [5.41, 5.74) is 3.60. The molecule has 2 aliphatic heterocycles. The maximum atomic E-state index is 6.47. The molecule has 2 fully saturated rings. The number of hydrogen-bond donors (Lipinski definition) is 1. The number of piperidine rings is 1. The molecule has 0 amide bonds. The minimum Gasteiger partial charge on any atom is -0.494 e. The van der Waals surface area contributed by atoms with E-state index in [0.29, 0.717) is 32.3 Å². The second-order valence-corrected chi connectivity index (χ2v) is 10.5. The first kappa shape index (κ1) is 26.0. The van der Waals surface area contributed by atoms with Crippen molar-refractivity contribution in [1.29, 1.82) is 0 Å². The summed E-state index contributed by atoms with van der Waals surface area (Å²) >= 11 is 0. The summed E-state index contributed by atoms with van der Waals surface area (Å²) in [5.74, 6) is 0.609. The van der Waals surface area contributed by atoms with Crippen molar-refractivity contribution in [3.63, 3.8) is 0 Å². The molecular weight excluding hydrogens is 486 g/mol. The van der Waals surface area contributed by atoms with Crippen molar-refractivity contribution in [2.45, 2.75) is 43.7 Å². The van der Waals surface area contributed by atoms with Crippen LogP contribution in [0.15, 0.2) is 97.1 Å². The highest BCUT2D eigenvalue weighted by atomic mass is 16.7. The Bertz CT molecular complexity index is 1330. The minimum atomic E-state index is -0.647. The Hall–Kier alpha value is -3.22. The molecule has 0 radical (unpaired) electrons. The van der Waals surface area contributed by atoms with E-state index in [1.807, 2.05) is 18.2 Å². The van der Waals surface area contributed by atoms with Crippen molar-refractivity contribution in [3.8, 4) is 5.75 Å². The summed E-state index contributed by atoms with van der Waals surface area (Å²) in [6.07, 6.45) is 2.80. The molecule has 0 bridgehead atoms. The van der Waals surface area contributed by atoms with Crippen molar-refractivity contribution in [3.05, 3.63) is 114 Å². The fourth-order valence-electron chi connectivity index (χ4n) is 5.83. The van der Waals surface area contributed by atoms with Gasteiger partial charge in [0.15, 0.2) is 5.79 Å². The third kappa shape index (κ3) is 6.18. The van der Waals surface area contributed by atoms with Crippen molar-refractivity contribution in [2.24, 2.45) is 0 Å². The van der Waals surface area contributed by atoms with Crippen LogP contribution >= 0.6 is 0 Å². The molecule has 0 aromatic heterocycles. The second kappa shape index (κ2) is 12.3. The van der Waals surface area contributed by atoms with Gasteiger partial charge in [0.1, 0.15) is 5.75 Å². The molecule has 4 aromatic rings. The van der Waals surface area contributed by atoms with Crippen LogP contribution in [-0.2, 0) is 26.6 Å². The van der Waals surface area contributed by atoms with Gasteiger partial charge >= 0.3 is 0 Å². The highest BCUT2D eigenvalue weighted by Crippen LogP contribution is 2.36. The molecule has 2 aliphatic rings. The lowest BCUT2D eigenvalue weighted by Crippen LogP contribution is -2.40. The van der Waals surface area contributed by atoms with Gasteiger partial charge in [-0.1, -0.05) is 78.9 Å². The van der Waals surface area contributed by atoms with E-state index in [2.05, 4.69) is 84.2 Å². The average Bonchev–Trinajstić information content (AvgIpc) is 3.49. The van der Waals surface area contributed by atoms with Gasteiger partial charge in [-0.3, -0.25) is 0 Å². The summed E-state index contributed by atoms with van der Waals surface area (Å²) in [7, 11) is 0. The van der Waals surface area contributed by atoms with Crippen molar-refractivity contribution in [1.82, 2.24) is 5.32 Å². The molecule has 1 N–H and O–H groups in total. The highest BCUT2D eigenvalue weighted by Gasteiger charge is 2.37. The summed E-state index contributed by atoms with van der Waals surface area (Å²) in [6, 6.07) is 33.9. The number of ether oxygens (including phenoxy) is 4. The maximum Gasteiger partial charge on any atom is 0.195 e. The van der Waals surface area contributed by atoms with Crippen molar-refractivity contribution >= 4 is 10.8 Å². The van der Waals surface area contributed by atoms with Crippen LogP contribution in [0.2, 0.25) is 0 Å². The number of rotatable bonds is 10. The zero-order valence-corrected chi connectivity index (χ0v) is 22.4. The van der Waals surface area contributed by atoms with Gasteiger partial charge in [-0.15, -0.1) is 0 Å². The van der Waals surface area contributed by atoms with Gasteiger partial charge in [-0.25, -0.2) is 0 Å². The molecule has 2 unspecified atom stereocenters. The lowest BCUT2D eigenvalue weighted by Gasteiger charge is -2.32. The maximum absolute atomic E-state index is 6.47. The molecule has 202 valence electrons. The number of benzene rings is 4. The van der Waals surface area contributed by atoms with Crippen LogP contribution in [0.3, 0.4) is 0 Å².